The van der Waals surface area contributed by atoms with Gasteiger partial charge in [-0.3, -0.25) is 4.79 Å². The highest BCUT2D eigenvalue weighted by atomic mass is 32.1. The minimum Gasteiger partial charge on any atom is -0.350 e. The Morgan fingerprint density at radius 3 is 2.78 bits per heavy atom. The highest BCUT2D eigenvalue weighted by Gasteiger charge is 2.09. The standard InChI is InChI=1S/C13H15N3OS/c1-10-15-13(18-16-10)12(17)14-9-5-8-11-6-3-2-4-7-11/h2-4,6-7H,5,8-9H2,1H3,(H,14,17). The number of rotatable bonds is 5. The molecule has 0 unspecified atom stereocenters. The van der Waals surface area contributed by atoms with E-state index in [1.807, 2.05) is 18.2 Å². The molecule has 2 aromatic rings. The molecule has 1 aromatic heterocycles. The SMILES string of the molecule is Cc1nsc(C(=O)NCCCc2ccccc2)n1. The van der Waals surface area contributed by atoms with Crippen molar-refractivity contribution in [2.24, 2.45) is 0 Å². The smallest absolute Gasteiger partial charge is 0.281 e. The van der Waals surface area contributed by atoms with Crippen molar-refractivity contribution in [2.75, 3.05) is 6.54 Å². The van der Waals surface area contributed by atoms with E-state index < -0.39 is 0 Å². The molecule has 1 amide bonds. The molecule has 0 saturated heterocycles. The molecule has 1 N–H and O–H groups in total. The highest BCUT2D eigenvalue weighted by molar-refractivity contribution is 7.07. The van der Waals surface area contributed by atoms with E-state index in [-0.39, 0.29) is 5.91 Å². The molecule has 2 rings (SSSR count). The Kier molecular flexibility index (Phi) is 4.41. The second-order valence-corrected chi connectivity index (χ2v) is 4.74. The van der Waals surface area contributed by atoms with Crippen LogP contribution in [0, 0.1) is 6.92 Å². The van der Waals surface area contributed by atoms with Crippen LogP contribution < -0.4 is 5.32 Å². The van der Waals surface area contributed by atoms with Gasteiger partial charge >= 0.3 is 0 Å². The van der Waals surface area contributed by atoms with Crippen LogP contribution in [-0.4, -0.2) is 21.8 Å². The normalized spacial score (nSPS) is 10.3. The molecule has 0 aliphatic rings. The van der Waals surface area contributed by atoms with Gasteiger partial charge in [-0.1, -0.05) is 30.3 Å². The van der Waals surface area contributed by atoms with Gasteiger partial charge in [-0.15, -0.1) is 0 Å². The van der Waals surface area contributed by atoms with E-state index in [0.29, 0.717) is 17.4 Å². The molecule has 0 fully saturated rings. The van der Waals surface area contributed by atoms with Crippen LogP contribution in [0.1, 0.15) is 27.6 Å². The summed E-state index contributed by atoms with van der Waals surface area (Å²) in [6.07, 6.45) is 1.89. The quantitative estimate of drug-likeness (QED) is 0.840. The first kappa shape index (κ1) is 12.7. The number of carbonyl (C=O) groups excluding carboxylic acids is 1. The van der Waals surface area contributed by atoms with Crippen molar-refractivity contribution in [3.8, 4) is 0 Å². The minimum absolute atomic E-state index is 0.131. The van der Waals surface area contributed by atoms with Gasteiger partial charge in [-0.2, -0.15) is 4.37 Å². The van der Waals surface area contributed by atoms with E-state index >= 15 is 0 Å². The zero-order chi connectivity index (χ0) is 12.8. The number of aryl methyl sites for hydroxylation is 2. The van der Waals surface area contributed by atoms with Gasteiger partial charge < -0.3 is 5.32 Å². The van der Waals surface area contributed by atoms with E-state index in [4.69, 9.17) is 0 Å². The number of carbonyl (C=O) groups is 1. The molecule has 0 aliphatic heterocycles. The van der Waals surface area contributed by atoms with E-state index in [2.05, 4.69) is 26.8 Å². The lowest BCUT2D eigenvalue weighted by Gasteiger charge is -2.03. The first-order valence-corrected chi connectivity index (χ1v) is 6.65. The molecule has 4 nitrogen and oxygen atoms in total. The second kappa shape index (κ2) is 6.26. The van der Waals surface area contributed by atoms with Gasteiger partial charge in [0.1, 0.15) is 5.82 Å². The van der Waals surface area contributed by atoms with Gasteiger partial charge in [0.25, 0.3) is 5.91 Å². The molecular formula is C13H15N3OS. The van der Waals surface area contributed by atoms with Gasteiger partial charge in [-0.25, -0.2) is 4.98 Å². The third-order valence-corrected chi connectivity index (χ3v) is 3.30. The predicted octanol–water partition coefficient (Wildman–Crippen LogP) is 2.21. The Bertz CT molecular complexity index is 510. The number of hydrogen-bond donors (Lipinski definition) is 1. The van der Waals surface area contributed by atoms with Crippen LogP contribution in [0.15, 0.2) is 30.3 Å². The van der Waals surface area contributed by atoms with Crippen molar-refractivity contribution in [1.29, 1.82) is 0 Å². The van der Waals surface area contributed by atoms with Gasteiger partial charge in [0.15, 0.2) is 0 Å². The van der Waals surface area contributed by atoms with Crippen LogP contribution in [0.5, 0.6) is 0 Å². The Morgan fingerprint density at radius 2 is 2.11 bits per heavy atom. The topological polar surface area (TPSA) is 54.9 Å². The molecule has 0 spiro atoms. The number of nitrogens with zero attached hydrogens (tertiary/aromatic N) is 2. The molecule has 0 bridgehead atoms. The van der Waals surface area contributed by atoms with E-state index in [0.717, 1.165) is 24.4 Å². The van der Waals surface area contributed by atoms with Crippen molar-refractivity contribution in [1.82, 2.24) is 14.7 Å². The van der Waals surface area contributed by atoms with Gasteiger partial charge in [0, 0.05) is 6.54 Å². The van der Waals surface area contributed by atoms with E-state index in [1.54, 1.807) is 6.92 Å². The van der Waals surface area contributed by atoms with Crippen LogP contribution in [0.2, 0.25) is 0 Å². The first-order valence-electron chi connectivity index (χ1n) is 5.88. The first-order chi connectivity index (χ1) is 8.75. The minimum atomic E-state index is -0.131. The molecule has 5 heteroatoms. The maximum atomic E-state index is 11.7. The van der Waals surface area contributed by atoms with Gasteiger partial charge in [0.05, 0.1) is 0 Å². The molecule has 18 heavy (non-hydrogen) atoms. The van der Waals surface area contributed by atoms with Crippen LogP contribution in [-0.2, 0) is 6.42 Å². The third kappa shape index (κ3) is 3.63. The summed E-state index contributed by atoms with van der Waals surface area (Å²) >= 11 is 1.14. The molecule has 1 aromatic carbocycles. The van der Waals surface area contributed by atoms with Crippen LogP contribution >= 0.6 is 11.5 Å². The van der Waals surface area contributed by atoms with E-state index in [1.165, 1.54) is 5.56 Å². The lowest BCUT2D eigenvalue weighted by Crippen LogP contribution is -2.24. The number of nitrogens with one attached hydrogen (secondary N) is 1. The number of amides is 1. The predicted molar refractivity (Wildman–Crippen MR) is 71.7 cm³/mol. The molecular weight excluding hydrogens is 246 g/mol. The summed E-state index contributed by atoms with van der Waals surface area (Å²) in [6, 6.07) is 10.2. The van der Waals surface area contributed by atoms with Gasteiger partial charge in [-0.05, 0) is 36.9 Å². The van der Waals surface area contributed by atoms with Crippen LogP contribution in [0.25, 0.3) is 0 Å². The summed E-state index contributed by atoms with van der Waals surface area (Å²) in [7, 11) is 0. The average molecular weight is 261 g/mol. The Balaban J connectivity index is 1.71. The zero-order valence-corrected chi connectivity index (χ0v) is 11.0. The Morgan fingerprint density at radius 1 is 1.33 bits per heavy atom. The van der Waals surface area contributed by atoms with Crippen molar-refractivity contribution < 1.29 is 4.79 Å². The summed E-state index contributed by atoms with van der Waals surface area (Å²) in [5.74, 6) is 0.517. The lowest BCUT2D eigenvalue weighted by atomic mass is 10.1. The summed E-state index contributed by atoms with van der Waals surface area (Å²) in [4.78, 5) is 15.7. The molecule has 94 valence electrons. The third-order valence-electron chi connectivity index (χ3n) is 2.49. The summed E-state index contributed by atoms with van der Waals surface area (Å²) < 4.78 is 3.98. The van der Waals surface area contributed by atoms with Gasteiger partial charge in [0.2, 0.25) is 5.01 Å². The molecule has 1 heterocycles. The fourth-order valence-corrected chi connectivity index (χ4v) is 2.19. The van der Waals surface area contributed by atoms with Crippen LogP contribution in [0.3, 0.4) is 0 Å². The van der Waals surface area contributed by atoms with Crippen molar-refractivity contribution in [3.63, 3.8) is 0 Å². The van der Waals surface area contributed by atoms with Crippen LogP contribution in [0.4, 0.5) is 0 Å². The Hall–Kier alpha value is -1.75. The average Bonchev–Trinajstić information content (AvgIpc) is 2.82. The largest absolute Gasteiger partial charge is 0.350 e. The fraction of sp³-hybridized carbons (Fsp3) is 0.308. The zero-order valence-electron chi connectivity index (χ0n) is 10.2. The lowest BCUT2D eigenvalue weighted by molar-refractivity contribution is 0.0952. The molecule has 0 aliphatic carbocycles. The molecule has 0 atom stereocenters. The fourth-order valence-electron chi connectivity index (χ4n) is 1.60. The number of hydrogen-bond acceptors (Lipinski definition) is 4. The second-order valence-electron chi connectivity index (χ2n) is 3.99. The molecule has 0 saturated carbocycles. The van der Waals surface area contributed by atoms with Crippen molar-refractivity contribution >= 4 is 17.4 Å². The maximum Gasteiger partial charge on any atom is 0.281 e. The van der Waals surface area contributed by atoms with Crippen molar-refractivity contribution in [2.45, 2.75) is 19.8 Å². The molecule has 0 radical (unpaired) electrons. The van der Waals surface area contributed by atoms with E-state index in [9.17, 15) is 4.79 Å². The maximum absolute atomic E-state index is 11.7. The summed E-state index contributed by atoms with van der Waals surface area (Å²) in [5.41, 5.74) is 1.29. The number of benzene rings is 1. The Labute approximate surface area is 110 Å². The number of aromatic nitrogens is 2. The highest BCUT2D eigenvalue weighted by Crippen LogP contribution is 2.04. The summed E-state index contributed by atoms with van der Waals surface area (Å²) in [6.45, 7) is 2.44. The summed E-state index contributed by atoms with van der Waals surface area (Å²) in [5, 5.41) is 3.29. The van der Waals surface area contributed by atoms with Crippen molar-refractivity contribution in [3.05, 3.63) is 46.7 Å². The monoisotopic (exact) mass is 261 g/mol.